The van der Waals surface area contributed by atoms with Crippen molar-refractivity contribution in [3.05, 3.63) is 22.4 Å². The van der Waals surface area contributed by atoms with E-state index in [-0.39, 0.29) is 24.0 Å². The molecule has 2 fully saturated rings. The Morgan fingerprint density at radius 3 is 2.91 bits per heavy atom. The normalized spacial score (nSPS) is 27.6. The van der Waals surface area contributed by atoms with Crippen LogP contribution in [-0.2, 0) is 10.3 Å². The SMILES string of the molecule is CCOC1CC(NC(=O)NCC(C)(O)c2ccsc2)C12CCC2. The molecule has 0 aromatic carbocycles. The molecule has 0 saturated heterocycles. The summed E-state index contributed by atoms with van der Waals surface area (Å²) in [5, 5.41) is 20.2. The van der Waals surface area contributed by atoms with Crippen molar-refractivity contribution in [2.45, 2.75) is 57.3 Å². The summed E-state index contributed by atoms with van der Waals surface area (Å²) >= 11 is 1.54. The lowest BCUT2D eigenvalue weighted by Crippen LogP contribution is -2.68. The van der Waals surface area contributed by atoms with Gasteiger partial charge in [0.05, 0.1) is 12.6 Å². The number of aliphatic hydroxyl groups is 1. The van der Waals surface area contributed by atoms with Crippen LogP contribution in [-0.4, -0.2) is 36.4 Å². The van der Waals surface area contributed by atoms with E-state index in [1.165, 1.54) is 17.8 Å². The van der Waals surface area contributed by atoms with Crippen LogP contribution in [0.4, 0.5) is 4.79 Å². The van der Waals surface area contributed by atoms with E-state index >= 15 is 0 Å². The number of amides is 2. The maximum atomic E-state index is 12.2. The predicted octanol–water partition coefficient (Wildman–Crippen LogP) is 2.60. The van der Waals surface area contributed by atoms with E-state index < -0.39 is 5.60 Å². The third-order valence-corrected chi connectivity index (χ3v) is 6.16. The summed E-state index contributed by atoms with van der Waals surface area (Å²) in [7, 11) is 0. The standard InChI is InChI=1S/C17H26N2O3S/c1-3-22-14-9-13(17(14)6-4-7-17)19-15(20)18-11-16(2,21)12-5-8-23-10-12/h5,8,10,13-14,21H,3-4,6-7,9,11H2,1-2H3,(H2,18,19,20). The van der Waals surface area contributed by atoms with Gasteiger partial charge in [0.2, 0.25) is 0 Å². The number of rotatable bonds is 6. The molecule has 0 bridgehead atoms. The molecule has 5 nitrogen and oxygen atoms in total. The molecule has 2 aliphatic rings. The number of carbonyl (C=O) groups excluding carboxylic acids is 1. The molecule has 23 heavy (non-hydrogen) atoms. The second-order valence-corrected chi connectivity index (χ2v) is 7.71. The predicted molar refractivity (Wildman–Crippen MR) is 90.5 cm³/mol. The van der Waals surface area contributed by atoms with Crippen molar-refractivity contribution in [2.75, 3.05) is 13.2 Å². The molecule has 2 aliphatic carbocycles. The van der Waals surface area contributed by atoms with Gasteiger partial charge in [-0.2, -0.15) is 11.3 Å². The molecule has 1 spiro atoms. The van der Waals surface area contributed by atoms with Crippen molar-refractivity contribution in [1.82, 2.24) is 10.6 Å². The van der Waals surface area contributed by atoms with Crippen LogP contribution >= 0.6 is 11.3 Å². The van der Waals surface area contributed by atoms with Gasteiger partial charge in [-0.1, -0.05) is 6.42 Å². The van der Waals surface area contributed by atoms with Crippen molar-refractivity contribution in [1.29, 1.82) is 0 Å². The molecule has 128 valence electrons. The van der Waals surface area contributed by atoms with Crippen molar-refractivity contribution < 1.29 is 14.6 Å². The minimum Gasteiger partial charge on any atom is -0.384 e. The van der Waals surface area contributed by atoms with Gasteiger partial charge in [-0.3, -0.25) is 0 Å². The van der Waals surface area contributed by atoms with E-state index in [2.05, 4.69) is 10.6 Å². The van der Waals surface area contributed by atoms with Gasteiger partial charge in [-0.25, -0.2) is 4.79 Å². The summed E-state index contributed by atoms with van der Waals surface area (Å²) in [4.78, 5) is 12.2. The maximum Gasteiger partial charge on any atom is 0.315 e. The van der Waals surface area contributed by atoms with Crippen LogP contribution in [0.5, 0.6) is 0 Å². The molecule has 3 atom stereocenters. The highest BCUT2D eigenvalue weighted by Gasteiger charge is 2.59. The van der Waals surface area contributed by atoms with Gasteiger partial charge in [0.1, 0.15) is 5.60 Å². The quantitative estimate of drug-likeness (QED) is 0.747. The Labute approximate surface area is 141 Å². The molecule has 3 unspecified atom stereocenters. The van der Waals surface area contributed by atoms with Gasteiger partial charge in [0, 0.05) is 18.1 Å². The first-order valence-corrected chi connectivity index (χ1v) is 9.33. The third-order valence-electron chi connectivity index (χ3n) is 5.48. The number of carbonyl (C=O) groups is 1. The van der Waals surface area contributed by atoms with E-state index in [4.69, 9.17) is 4.74 Å². The van der Waals surface area contributed by atoms with Crippen LogP contribution in [0.3, 0.4) is 0 Å². The van der Waals surface area contributed by atoms with Crippen LogP contribution in [0.2, 0.25) is 0 Å². The first kappa shape index (κ1) is 16.7. The minimum atomic E-state index is -1.04. The van der Waals surface area contributed by atoms with Gasteiger partial charge in [-0.15, -0.1) is 0 Å². The Morgan fingerprint density at radius 2 is 2.35 bits per heavy atom. The topological polar surface area (TPSA) is 70.6 Å². The Hall–Kier alpha value is -1.11. The highest BCUT2D eigenvalue weighted by molar-refractivity contribution is 7.08. The Balaban J connectivity index is 1.49. The molecule has 2 saturated carbocycles. The molecule has 1 aromatic heterocycles. The smallest absolute Gasteiger partial charge is 0.315 e. The van der Waals surface area contributed by atoms with E-state index in [0.29, 0.717) is 6.10 Å². The number of hydrogen-bond acceptors (Lipinski definition) is 4. The van der Waals surface area contributed by atoms with Crippen molar-refractivity contribution in [3.8, 4) is 0 Å². The monoisotopic (exact) mass is 338 g/mol. The van der Waals surface area contributed by atoms with Gasteiger partial charge < -0.3 is 20.5 Å². The number of hydrogen-bond donors (Lipinski definition) is 3. The van der Waals surface area contributed by atoms with Gasteiger partial charge >= 0.3 is 6.03 Å². The number of nitrogens with one attached hydrogen (secondary N) is 2. The van der Waals surface area contributed by atoms with Gasteiger partial charge in [-0.05, 0) is 55.5 Å². The second-order valence-electron chi connectivity index (χ2n) is 6.93. The molecule has 1 aromatic rings. The first-order chi connectivity index (χ1) is 11.0. The lowest BCUT2D eigenvalue weighted by atomic mass is 9.51. The molecule has 1 heterocycles. The number of thiophene rings is 1. The van der Waals surface area contributed by atoms with Gasteiger partial charge in [0.25, 0.3) is 0 Å². The zero-order valence-electron chi connectivity index (χ0n) is 13.8. The largest absolute Gasteiger partial charge is 0.384 e. The highest BCUT2D eigenvalue weighted by Crippen LogP contribution is 2.57. The Morgan fingerprint density at radius 1 is 1.57 bits per heavy atom. The van der Waals surface area contributed by atoms with Crippen LogP contribution in [0, 0.1) is 5.41 Å². The molecule has 3 N–H and O–H groups in total. The van der Waals surface area contributed by atoms with Gasteiger partial charge in [0.15, 0.2) is 0 Å². The Bertz CT molecular complexity index is 540. The lowest BCUT2D eigenvalue weighted by Gasteiger charge is -2.60. The number of urea groups is 1. The molecule has 0 radical (unpaired) electrons. The summed E-state index contributed by atoms with van der Waals surface area (Å²) in [5.74, 6) is 0. The van der Waals surface area contributed by atoms with E-state index in [1.54, 1.807) is 6.92 Å². The fourth-order valence-electron chi connectivity index (χ4n) is 3.78. The highest BCUT2D eigenvalue weighted by atomic mass is 32.1. The maximum absolute atomic E-state index is 12.2. The summed E-state index contributed by atoms with van der Waals surface area (Å²) < 4.78 is 5.80. The molecule has 2 amide bonds. The van der Waals surface area contributed by atoms with Crippen LogP contribution < -0.4 is 10.6 Å². The summed E-state index contributed by atoms with van der Waals surface area (Å²) in [6.07, 6.45) is 4.67. The summed E-state index contributed by atoms with van der Waals surface area (Å²) in [5.41, 5.74) is -0.0549. The summed E-state index contributed by atoms with van der Waals surface area (Å²) in [6.45, 7) is 4.67. The lowest BCUT2D eigenvalue weighted by molar-refractivity contribution is -0.169. The van der Waals surface area contributed by atoms with Crippen LogP contribution in [0.15, 0.2) is 16.8 Å². The zero-order chi connectivity index (χ0) is 16.5. The first-order valence-electron chi connectivity index (χ1n) is 8.39. The fraction of sp³-hybridized carbons (Fsp3) is 0.706. The van der Waals surface area contributed by atoms with E-state index in [9.17, 15) is 9.90 Å². The fourth-order valence-corrected chi connectivity index (χ4v) is 4.56. The average Bonchev–Trinajstić information content (AvgIpc) is 2.97. The van der Waals surface area contributed by atoms with E-state index in [0.717, 1.165) is 31.4 Å². The second kappa shape index (κ2) is 6.42. The van der Waals surface area contributed by atoms with Crippen LogP contribution in [0.1, 0.15) is 45.1 Å². The third kappa shape index (κ3) is 3.12. The number of ether oxygens (including phenoxy) is 1. The van der Waals surface area contributed by atoms with Crippen LogP contribution in [0.25, 0.3) is 0 Å². The van der Waals surface area contributed by atoms with Crippen molar-refractivity contribution in [3.63, 3.8) is 0 Å². The Kier molecular flexibility index (Phi) is 4.67. The molecular weight excluding hydrogens is 312 g/mol. The molecular formula is C17H26N2O3S. The van der Waals surface area contributed by atoms with E-state index in [1.807, 2.05) is 23.8 Å². The summed E-state index contributed by atoms with van der Waals surface area (Å²) in [6, 6.07) is 1.87. The zero-order valence-corrected chi connectivity index (χ0v) is 14.6. The molecule has 6 heteroatoms. The average molecular weight is 338 g/mol. The van der Waals surface area contributed by atoms with Crippen molar-refractivity contribution in [2.24, 2.45) is 5.41 Å². The minimum absolute atomic E-state index is 0.156. The molecule has 3 rings (SSSR count). The van der Waals surface area contributed by atoms with Crippen molar-refractivity contribution >= 4 is 17.4 Å². The molecule has 0 aliphatic heterocycles.